The molecule has 0 atom stereocenters. The fourth-order valence-corrected chi connectivity index (χ4v) is 2.20. The number of pyridine rings is 1. The number of morpholine rings is 1. The molecule has 0 bridgehead atoms. The molecule has 2 rings (SSSR count). The molecule has 1 aromatic rings. The molecule has 0 aliphatic carbocycles. The van der Waals surface area contributed by atoms with Crippen LogP contribution < -0.4 is 10.2 Å². The van der Waals surface area contributed by atoms with Crippen LogP contribution in [0.5, 0.6) is 0 Å². The van der Waals surface area contributed by atoms with E-state index in [1.165, 1.54) is 11.1 Å². The lowest BCUT2D eigenvalue weighted by Crippen LogP contribution is -2.37. The van der Waals surface area contributed by atoms with Gasteiger partial charge in [-0.15, -0.1) is 0 Å². The third-order valence-electron chi connectivity index (χ3n) is 3.24. The normalized spacial score (nSPS) is 16.7. The summed E-state index contributed by atoms with van der Waals surface area (Å²) in [5, 5.41) is 3.49. The SMILES string of the molecule is Cc1cc(CNC(C)(C)C)cnc1N1CCOCC1. The third-order valence-corrected chi connectivity index (χ3v) is 3.24. The summed E-state index contributed by atoms with van der Waals surface area (Å²) in [6.45, 7) is 13.0. The van der Waals surface area contributed by atoms with Crippen molar-refractivity contribution in [3.05, 3.63) is 23.4 Å². The van der Waals surface area contributed by atoms with Gasteiger partial charge in [-0.25, -0.2) is 4.98 Å². The molecule has 1 saturated heterocycles. The summed E-state index contributed by atoms with van der Waals surface area (Å²) >= 11 is 0. The Labute approximate surface area is 116 Å². The summed E-state index contributed by atoms with van der Waals surface area (Å²) in [7, 11) is 0. The molecule has 4 nitrogen and oxygen atoms in total. The number of hydrogen-bond donors (Lipinski definition) is 1. The molecule has 1 aliphatic rings. The van der Waals surface area contributed by atoms with Crippen LogP contribution in [0.15, 0.2) is 12.3 Å². The van der Waals surface area contributed by atoms with E-state index in [0.29, 0.717) is 0 Å². The monoisotopic (exact) mass is 263 g/mol. The molecule has 0 radical (unpaired) electrons. The van der Waals surface area contributed by atoms with Crippen LogP contribution in [-0.4, -0.2) is 36.8 Å². The first-order valence-corrected chi connectivity index (χ1v) is 6.99. The maximum atomic E-state index is 5.38. The van der Waals surface area contributed by atoms with Gasteiger partial charge in [-0.3, -0.25) is 0 Å². The zero-order valence-corrected chi connectivity index (χ0v) is 12.5. The first kappa shape index (κ1) is 14.3. The minimum atomic E-state index is 0.136. The molecule has 19 heavy (non-hydrogen) atoms. The van der Waals surface area contributed by atoms with Crippen LogP contribution >= 0.6 is 0 Å². The average Bonchev–Trinajstić information content (AvgIpc) is 2.37. The maximum absolute atomic E-state index is 5.38. The molecule has 0 unspecified atom stereocenters. The van der Waals surface area contributed by atoms with Crippen LogP contribution in [0.1, 0.15) is 31.9 Å². The van der Waals surface area contributed by atoms with E-state index < -0.39 is 0 Å². The number of rotatable bonds is 3. The predicted molar refractivity (Wildman–Crippen MR) is 78.6 cm³/mol. The number of ether oxygens (including phenoxy) is 1. The summed E-state index contributed by atoms with van der Waals surface area (Å²) in [5.74, 6) is 1.10. The van der Waals surface area contributed by atoms with Crippen LogP contribution in [0.25, 0.3) is 0 Å². The van der Waals surface area contributed by atoms with Crippen molar-refractivity contribution >= 4 is 5.82 Å². The van der Waals surface area contributed by atoms with Gasteiger partial charge < -0.3 is 15.0 Å². The van der Waals surface area contributed by atoms with Crippen molar-refractivity contribution in [2.45, 2.75) is 39.8 Å². The van der Waals surface area contributed by atoms with Crippen molar-refractivity contribution < 1.29 is 4.74 Å². The lowest BCUT2D eigenvalue weighted by atomic mass is 10.1. The van der Waals surface area contributed by atoms with E-state index in [1.807, 2.05) is 6.20 Å². The number of aryl methyl sites for hydroxylation is 1. The van der Waals surface area contributed by atoms with Crippen molar-refractivity contribution in [3.63, 3.8) is 0 Å². The molecule has 4 heteroatoms. The highest BCUT2D eigenvalue weighted by Gasteiger charge is 2.15. The Morgan fingerprint density at radius 2 is 2.00 bits per heavy atom. The first-order valence-electron chi connectivity index (χ1n) is 6.99. The summed E-state index contributed by atoms with van der Waals surface area (Å²) in [6, 6.07) is 2.23. The standard InChI is InChI=1S/C15H25N3O/c1-12-9-13(11-17-15(2,3)4)10-16-14(12)18-5-7-19-8-6-18/h9-10,17H,5-8,11H2,1-4H3. The zero-order valence-electron chi connectivity index (χ0n) is 12.5. The minimum absolute atomic E-state index is 0.136. The minimum Gasteiger partial charge on any atom is -0.378 e. The Balaban J connectivity index is 2.04. The summed E-state index contributed by atoms with van der Waals surface area (Å²) in [5.41, 5.74) is 2.62. The second-order valence-corrected chi connectivity index (χ2v) is 6.19. The molecule has 1 aromatic heterocycles. The van der Waals surface area contributed by atoms with E-state index in [-0.39, 0.29) is 5.54 Å². The van der Waals surface area contributed by atoms with Crippen molar-refractivity contribution in [2.24, 2.45) is 0 Å². The molecule has 0 spiro atoms. The maximum Gasteiger partial charge on any atom is 0.131 e. The Hall–Kier alpha value is -1.13. The second-order valence-electron chi connectivity index (χ2n) is 6.19. The molecular weight excluding hydrogens is 238 g/mol. The van der Waals surface area contributed by atoms with Gasteiger partial charge in [0.1, 0.15) is 5.82 Å². The number of nitrogens with one attached hydrogen (secondary N) is 1. The zero-order chi connectivity index (χ0) is 13.9. The number of nitrogens with zero attached hydrogens (tertiary/aromatic N) is 2. The fourth-order valence-electron chi connectivity index (χ4n) is 2.20. The van der Waals surface area contributed by atoms with Gasteiger partial charge in [-0.1, -0.05) is 0 Å². The molecule has 106 valence electrons. The van der Waals surface area contributed by atoms with Crippen LogP contribution in [0.2, 0.25) is 0 Å². The Kier molecular flexibility index (Phi) is 4.42. The van der Waals surface area contributed by atoms with Gasteiger partial charge in [0, 0.05) is 31.4 Å². The predicted octanol–water partition coefficient (Wildman–Crippen LogP) is 2.11. The molecule has 0 aromatic carbocycles. The van der Waals surface area contributed by atoms with Gasteiger partial charge in [0.05, 0.1) is 13.2 Å². The highest BCUT2D eigenvalue weighted by Crippen LogP contribution is 2.19. The van der Waals surface area contributed by atoms with Gasteiger partial charge in [-0.2, -0.15) is 0 Å². The quantitative estimate of drug-likeness (QED) is 0.906. The van der Waals surface area contributed by atoms with Gasteiger partial charge in [0.15, 0.2) is 0 Å². The number of aromatic nitrogens is 1. The van der Waals surface area contributed by atoms with Gasteiger partial charge in [-0.05, 0) is 44.9 Å². The van der Waals surface area contributed by atoms with E-state index in [2.05, 4.69) is 49.0 Å². The van der Waals surface area contributed by atoms with Crippen LogP contribution in [-0.2, 0) is 11.3 Å². The van der Waals surface area contributed by atoms with Crippen molar-refractivity contribution in [3.8, 4) is 0 Å². The van der Waals surface area contributed by atoms with Gasteiger partial charge in [0.25, 0.3) is 0 Å². The summed E-state index contributed by atoms with van der Waals surface area (Å²) in [6.07, 6.45) is 1.98. The van der Waals surface area contributed by atoms with Gasteiger partial charge >= 0.3 is 0 Å². The molecule has 0 amide bonds. The average molecular weight is 263 g/mol. The second kappa shape index (κ2) is 5.88. The lowest BCUT2D eigenvalue weighted by molar-refractivity contribution is 0.122. The molecule has 1 fully saturated rings. The van der Waals surface area contributed by atoms with E-state index >= 15 is 0 Å². The summed E-state index contributed by atoms with van der Waals surface area (Å²) < 4.78 is 5.38. The fraction of sp³-hybridized carbons (Fsp3) is 0.667. The topological polar surface area (TPSA) is 37.4 Å². The Morgan fingerprint density at radius 3 is 2.58 bits per heavy atom. The van der Waals surface area contributed by atoms with Crippen LogP contribution in [0.3, 0.4) is 0 Å². The molecular formula is C15H25N3O. The molecule has 2 heterocycles. The van der Waals surface area contributed by atoms with E-state index in [9.17, 15) is 0 Å². The number of hydrogen-bond acceptors (Lipinski definition) is 4. The Bertz CT molecular complexity index is 420. The smallest absolute Gasteiger partial charge is 0.131 e. The van der Waals surface area contributed by atoms with Crippen LogP contribution in [0.4, 0.5) is 5.82 Å². The first-order chi connectivity index (χ1) is 8.96. The highest BCUT2D eigenvalue weighted by atomic mass is 16.5. The summed E-state index contributed by atoms with van der Waals surface area (Å²) in [4.78, 5) is 6.94. The van der Waals surface area contributed by atoms with Gasteiger partial charge in [0.2, 0.25) is 0 Å². The Morgan fingerprint density at radius 1 is 1.32 bits per heavy atom. The third kappa shape index (κ3) is 4.18. The molecule has 1 aliphatic heterocycles. The van der Waals surface area contributed by atoms with Crippen molar-refractivity contribution in [2.75, 3.05) is 31.2 Å². The van der Waals surface area contributed by atoms with E-state index in [0.717, 1.165) is 38.7 Å². The van der Waals surface area contributed by atoms with Crippen molar-refractivity contribution in [1.29, 1.82) is 0 Å². The largest absolute Gasteiger partial charge is 0.378 e. The van der Waals surface area contributed by atoms with E-state index in [1.54, 1.807) is 0 Å². The lowest BCUT2D eigenvalue weighted by Gasteiger charge is -2.29. The van der Waals surface area contributed by atoms with Crippen LogP contribution in [0, 0.1) is 6.92 Å². The molecule has 1 N–H and O–H groups in total. The highest BCUT2D eigenvalue weighted by molar-refractivity contribution is 5.47. The van der Waals surface area contributed by atoms with E-state index in [4.69, 9.17) is 4.74 Å². The van der Waals surface area contributed by atoms with Crippen molar-refractivity contribution in [1.82, 2.24) is 10.3 Å². The molecule has 0 saturated carbocycles. The number of anilines is 1.